The van der Waals surface area contributed by atoms with Crippen LogP contribution >= 0.6 is 22.6 Å². The van der Waals surface area contributed by atoms with E-state index in [-0.39, 0.29) is 19.3 Å². The lowest BCUT2D eigenvalue weighted by Crippen LogP contribution is -2.46. The Kier molecular flexibility index (Phi) is 6.69. The van der Waals surface area contributed by atoms with E-state index in [1.54, 1.807) is 36.4 Å². The van der Waals surface area contributed by atoms with E-state index >= 15 is 0 Å². The summed E-state index contributed by atoms with van der Waals surface area (Å²) in [5.74, 6) is -0.123. The van der Waals surface area contributed by atoms with Crippen molar-refractivity contribution < 1.29 is 28.6 Å². The number of carbonyl (C=O) groups is 3. The van der Waals surface area contributed by atoms with Crippen molar-refractivity contribution in [3.63, 3.8) is 0 Å². The van der Waals surface area contributed by atoms with Gasteiger partial charge in [0.15, 0.2) is 24.2 Å². The van der Waals surface area contributed by atoms with Crippen molar-refractivity contribution in [1.29, 1.82) is 0 Å². The predicted octanol–water partition coefficient (Wildman–Crippen LogP) is 2.11. The molecular weight excluding hydrogens is 479 g/mol. The zero-order valence-corrected chi connectivity index (χ0v) is 16.8. The average Bonchev–Trinajstić information content (AvgIpc) is 2.70. The van der Waals surface area contributed by atoms with Crippen LogP contribution in [-0.4, -0.2) is 43.8 Å². The quantitative estimate of drug-likeness (QED) is 0.486. The number of amides is 3. The fourth-order valence-corrected chi connectivity index (χ4v) is 3.02. The number of hydrogen-bond donors (Lipinski definition) is 2. The molecule has 8 nitrogen and oxygen atoms in total. The standard InChI is InChI=1S/C19H17IN2O6/c20-14-6-2-1-5-13(14)18(24)27-11-17(23)22-19(25)21-9-12-10-26-15-7-3-4-8-16(15)28-12/h1-8,12H,9-11H2,(H2,21,22,23,25). The lowest BCUT2D eigenvalue weighted by Gasteiger charge is -2.26. The van der Waals surface area contributed by atoms with E-state index in [4.69, 9.17) is 14.2 Å². The van der Waals surface area contributed by atoms with Gasteiger partial charge in [0.1, 0.15) is 6.61 Å². The highest BCUT2D eigenvalue weighted by atomic mass is 127. The Morgan fingerprint density at radius 2 is 1.79 bits per heavy atom. The second-order valence-electron chi connectivity index (χ2n) is 5.81. The summed E-state index contributed by atoms with van der Waals surface area (Å²) in [5, 5.41) is 4.62. The number of halogens is 1. The van der Waals surface area contributed by atoms with E-state index in [9.17, 15) is 14.4 Å². The van der Waals surface area contributed by atoms with Crippen LogP contribution in [0.2, 0.25) is 0 Å². The number of para-hydroxylation sites is 2. The molecule has 2 aromatic carbocycles. The summed E-state index contributed by atoms with van der Waals surface area (Å²) in [7, 11) is 0. The molecule has 0 aliphatic carbocycles. The normalized spacial score (nSPS) is 14.7. The van der Waals surface area contributed by atoms with Gasteiger partial charge in [-0.1, -0.05) is 24.3 Å². The third-order valence-corrected chi connectivity index (χ3v) is 4.68. The molecule has 146 valence electrons. The van der Waals surface area contributed by atoms with E-state index in [0.717, 1.165) is 0 Å². The Morgan fingerprint density at radius 1 is 1.07 bits per heavy atom. The first-order chi connectivity index (χ1) is 13.5. The lowest BCUT2D eigenvalue weighted by atomic mass is 10.2. The summed E-state index contributed by atoms with van der Waals surface area (Å²) in [5.41, 5.74) is 0.357. The van der Waals surface area contributed by atoms with Crippen molar-refractivity contribution in [3.8, 4) is 11.5 Å². The van der Waals surface area contributed by atoms with Crippen LogP contribution in [0.4, 0.5) is 4.79 Å². The monoisotopic (exact) mass is 496 g/mol. The number of benzene rings is 2. The minimum atomic E-state index is -0.733. The Morgan fingerprint density at radius 3 is 2.57 bits per heavy atom. The highest BCUT2D eigenvalue weighted by Crippen LogP contribution is 2.30. The third kappa shape index (κ3) is 5.35. The number of nitrogens with one attached hydrogen (secondary N) is 2. The molecule has 3 rings (SSSR count). The van der Waals surface area contributed by atoms with E-state index < -0.39 is 24.5 Å². The van der Waals surface area contributed by atoms with Crippen LogP contribution in [0.5, 0.6) is 11.5 Å². The first kappa shape index (κ1) is 19.9. The van der Waals surface area contributed by atoms with Gasteiger partial charge in [-0.05, 0) is 46.9 Å². The van der Waals surface area contributed by atoms with Gasteiger partial charge in [-0.25, -0.2) is 9.59 Å². The second-order valence-corrected chi connectivity index (χ2v) is 6.97. The molecular formula is C19H17IN2O6. The van der Waals surface area contributed by atoms with Crippen molar-refractivity contribution >= 4 is 40.5 Å². The minimum absolute atomic E-state index is 0.148. The Balaban J connectivity index is 1.38. The van der Waals surface area contributed by atoms with Crippen LogP contribution in [0.25, 0.3) is 0 Å². The summed E-state index contributed by atoms with van der Waals surface area (Å²) >= 11 is 2.00. The largest absolute Gasteiger partial charge is 0.486 e. The molecule has 0 saturated carbocycles. The van der Waals surface area contributed by atoms with Gasteiger partial charge in [0.25, 0.3) is 5.91 Å². The summed E-state index contributed by atoms with van der Waals surface area (Å²) in [6.45, 7) is -0.137. The third-order valence-electron chi connectivity index (χ3n) is 3.74. The van der Waals surface area contributed by atoms with Crippen molar-refractivity contribution in [3.05, 3.63) is 57.7 Å². The first-order valence-electron chi connectivity index (χ1n) is 8.41. The number of fused-ring (bicyclic) bond motifs is 1. The molecule has 0 bridgehead atoms. The lowest BCUT2D eigenvalue weighted by molar-refractivity contribution is -0.123. The molecule has 0 aromatic heterocycles. The molecule has 28 heavy (non-hydrogen) atoms. The molecule has 9 heteroatoms. The minimum Gasteiger partial charge on any atom is -0.486 e. The maximum absolute atomic E-state index is 12.0. The number of ether oxygens (including phenoxy) is 3. The highest BCUT2D eigenvalue weighted by Gasteiger charge is 2.21. The van der Waals surface area contributed by atoms with Gasteiger partial charge >= 0.3 is 12.0 Å². The zero-order valence-electron chi connectivity index (χ0n) is 14.6. The number of carbonyl (C=O) groups excluding carboxylic acids is 3. The molecule has 0 spiro atoms. The van der Waals surface area contributed by atoms with Crippen LogP contribution in [0.1, 0.15) is 10.4 Å². The summed E-state index contributed by atoms with van der Waals surface area (Å²) in [6, 6.07) is 13.3. The fraction of sp³-hybridized carbons (Fsp3) is 0.211. The maximum Gasteiger partial charge on any atom is 0.339 e. The fourth-order valence-electron chi connectivity index (χ4n) is 2.41. The van der Waals surface area contributed by atoms with Crippen molar-refractivity contribution in [1.82, 2.24) is 10.6 Å². The summed E-state index contributed by atoms with van der Waals surface area (Å²) < 4.78 is 16.9. The molecule has 3 amide bonds. The SMILES string of the molecule is O=C(COC(=O)c1ccccc1I)NC(=O)NCC1COc2ccccc2O1. The molecule has 1 heterocycles. The van der Waals surface area contributed by atoms with E-state index in [1.165, 1.54) is 0 Å². The first-order valence-corrected chi connectivity index (χ1v) is 9.48. The van der Waals surface area contributed by atoms with Gasteiger partial charge in [-0.15, -0.1) is 0 Å². The zero-order chi connectivity index (χ0) is 19.9. The number of esters is 1. The van der Waals surface area contributed by atoms with Crippen LogP contribution in [0.3, 0.4) is 0 Å². The topological polar surface area (TPSA) is 103 Å². The van der Waals surface area contributed by atoms with Crippen LogP contribution in [-0.2, 0) is 9.53 Å². The van der Waals surface area contributed by atoms with E-state index in [0.29, 0.717) is 20.6 Å². The van der Waals surface area contributed by atoms with Crippen LogP contribution < -0.4 is 20.1 Å². The number of urea groups is 1. The molecule has 1 aliphatic rings. The van der Waals surface area contributed by atoms with Gasteiger partial charge in [0.2, 0.25) is 0 Å². The second kappa shape index (κ2) is 9.40. The van der Waals surface area contributed by atoms with Crippen molar-refractivity contribution in [2.45, 2.75) is 6.10 Å². The van der Waals surface area contributed by atoms with Gasteiger partial charge in [-0.3, -0.25) is 10.1 Å². The number of imide groups is 1. The van der Waals surface area contributed by atoms with Gasteiger partial charge < -0.3 is 19.5 Å². The van der Waals surface area contributed by atoms with Gasteiger partial charge in [-0.2, -0.15) is 0 Å². The van der Waals surface area contributed by atoms with E-state index in [1.807, 2.05) is 34.7 Å². The van der Waals surface area contributed by atoms with E-state index in [2.05, 4.69) is 10.6 Å². The molecule has 0 fully saturated rings. The molecule has 0 saturated heterocycles. The van der Waals surface area contributed by atoms with Crippen LogP contribution in [0.15, 0.2) is 48.5 Å². The highest BCUT2D eigenvalue weighted by molar-refractivity contribution is 14.1. The molecule has 2 aromatic rings. The van der Waals surface area contributed by atoms with Crippen molar-refractivity contribution in [2.24, 2.45) is 0 Å². The van der Waals surface area contributed by atoms with Crippen molar-refractivity contribution in [2.75, 3.05) is 19.8 Å². The van der Waals surface area contributed by atoms with Gasteiger partial charge in [0, 0.05) is 3.57 Å². The number of hydrogen-bond acceptors (Lipinski definition) is 6. The summed E-state index contributed by atoms with van der Waals surface area (Å²) in [4.78, 5) is 35.6. The predicted molar refractivity (Wildman–Crippen MR) is 107 cm³/mol. The molecule has 1 aliphatic heterocycles. The van der Waals surface area contributed by atoms with Gasteiger partial charge in [0.05, 0.1) is 12.1 Å². The Bertz CT molecular complexity index is 888. The smallest absolute Gasteiger partial charge is 0.339 e. The molecule has 1 atom stereocenters. The summed E-state index contributed by atoms with van der Waals surface area (Å²) in [6.07, 6.45) is -0.381. The Labute approximate surface area is 174 Å². The molecule has 1 unspecified atom stereocenters. The molecule has 2 N–H and O–H groups in total. The average molecular weight is 496 g/mol. The maximum atomic E-state index is 12.0. The van der Waals surface area contributed by atoms with Crippen LogP contribution in [0, 0.1) is 3.57 Å². The Hall–Kier alpha value is -2.82. The number of rotatable bonds is 5. The molecule has 0 radical (unpaired) electrons.